The molecule has 0 radical (unpaired) electrons. The van der Waals surface area contributed by atoms with Crippen LogP contribution < -0.4 is 16.6 Å². The van der Waals surface area contributed by atoms with Crippen molar-refractivity contribution in [1.82, 2.24) is 9.88 Å². The molecule has 120 valence electrons. The molecule has 0 aliphatic carbocycles. The second-order valence-corrected chi connectivity index (χ2v) is 5.12. The number of nitrogens with one attached hydrogen (secondary N) is 1. The van der Waals surface area contributed by atoms with Crippen LogP contribution in [0.5, 0.6) is 0 Å². The third kappa shape index (κ3) is 5.56. The maximum Gasteiger partial charge on any atom is 0.251 e. The molecule has 1 aromatic heterocycles. The molecule has 0 aliphatic rings. The molecule has 5 heteroatoms. The van der Waals surface area contributed by atoms with Gasteiger partial charge in [0.25, 0.3) is 5.56 Å². The van der Waals surface area contributed by atoms with Crippen molar-refractivity contribution in [3.05, 3.63) is 70.1 Å². The summed E-state index contributed by atoms with van der Waals surface area (Å²) in [5.74, 6) is -0.101. The zero-order valence-corrected chi connectivity index (χ0v) is 12.9. The van der Waals surface area contributed by atoms with Crippen LogP contribution in [0, 0.1) is 0 Å². The van der Waals surface area contributed by atoms with E-state index in [1.807, 2.05) is 48.6 Å². The average molecular weight is 311 g/mol. The summed E-state index contributed by atoms with van der Waals surface area (Å²) in [6.07, 6.45) is 5.83. The van der Waals surface area contributed by atoms with Crippen molar-refractivity contribution in [2.75, 3.05) is 13.1 Å². The standard InChI is InChI=1S/C18H21N3O2/c19-10-11-20-17(22)9-13-21-12-8-16(14-18(21)23)7-6-15-4-2-1-3-5-15/h1-8,12,14H,9-11,13,19H2,(H,20,22)/b7-6+. The van der Waals surface area contributed by atoms with Crippen molar-refractivity contribution in [2.45, 2.75) is 13.0 Å². The van der Waals surface area contributed by atoms with Crippen molar-refractivity contribution >= 4 is 18.1 Å². The van der Waals surface area contributed by atoms with E-state index in [0.29, 0.717) is 19.6 Å². The molecule has 0 aliphatic heterocycles. The molecule has 3 N–H and O–H groups in total. The molecule has 2 rings (SSSR count). The molecule has 0 spiro atoms. The maximum absolute atomic E-state index is 12.1. The Balaban J connectivity index is 1.97. The minimum atomic E-state index is -0.119. The Labute approximate surface area is 135 Å². The molecular weight excluding hydrogens is 290 g/mol. The molecule has 1 amide bonds. The minimum Gasteiger partial charge on any atom is -0.355 e. The summed E-state index contributed by atoms with van der Waals surface area (Å²) in [5, 5.41) is 2.68. The first-order valence-corrected chi connectivity index (χ1v) is 7.59. The minimum absolute atomic E-state index is 0.101. The fourth-order valence-corrected chi connectivity index (χ4v) is 2.09. The van der Waals surface area contributed by atoms with E-state index in [1.54, 1.807) is 12.3 Å². The van der Waals surface area contributed by atoms with Crippen molar-refractivity contribution < 1.29 is 4.79 Å². The number of aromatic nitrogens is 1. The van der Waals surface area contributed by atoms with Gasteiger partial charge in [0.05, 0.1) is 0 Å². The molecule has 23 heavy (non-hydrogen) atoms. The highest BCUT2D eigenvalue weighted by molar-refractivity contribution is 5.75. The summed E-state index contributed by atoms with van der Waals surface area (Å²) in [6.45, 7) is 1.23. The Hall–Kier alpha value is -2.66. The Kier molecular flexibility index (Phi) is 6.32. The number of hydrogen-bond donors (Lipinski definition) is 2. The van der Waals surface area contributed by atoms with E-state index in [4.69, 9.17) is 5.73 Å². The quantitative estimate of drug-likeness (QED) is 0.813. The smallest absolute Gasteiger partial charge is 0.251 e. The van der Waals surface area contributed by atoms with Gasteiger partial charge in [-0.25, -0.2) is 0 Å². The number of nitrogens with two attached hydrogens (primary N) is 1. The fraction of sp³-hybridized carbons (Fsp3) is 0.222. The molecule has 1 heterocycles. The normalized spacial score (nSPS) is 10.8. The van der Waals surface area contributed by atoms with Gasteiger partial charge in [-0.2, -0.15) is 0 Å². The summed E-state index contributed by atoms with van der Waals surface area (Å²) in [6, 6.07) is 13.3. The third-order valence-corrected chi connectivity index (χ3v) is 3.33. The van der Waals surface area contributed by atoms with Gasteiger partial charge in [-0.1, -0.05) is 42.5 Å². The largest absolute Gasteiger partial charge is 0.355 e. The molecule has 0 bridgehead atoms. The Bertz CT molecular complexity index is 721. The molecule has 0 atom stereocenters. The summed E-state index contributed by atoms with van der Waals surface area (Å²) in [7, 11) is 0. The highest BCUT2D eigenvalue weighted by Crippen LogP contribution is 2.06. The van der Waals surface area contributed by atoms with Gasteiger partial charge >= 0.3 is 0 Å². The molecular formula is C18H21N3O2. The van der Waals surface area contributed by atoms with Gasteiger partial charge in [-0.3, -0.25) is 9.59 Å². The molecule has 0 unspecified atom stereocenters. The van der Waals surface area contributed by atoms with E-state index in [-0.39, 0.29) is 17.9 Å². The Morgan fingerprint density at radius 1 is 1.13 bits per heavy atom. The summed E-state index contributed by atoms with van der Waals surface area (Å²) in [5.41, 5.74) is 7.11. The van der Waals surface area contributed by atoms with E-state index in [1.165, 1.54) is 4.57 Å². The van der Waals surface area contributed by atoms with Gasteiger partial charge in [-0.05, 0) is 17.2 Å². The first-order valence-electron chi connectivity index (χ1n) is 7.59. The van der Waals surface area contributed by atoms with Crippen LogP contribution in [-0.4, -0.2) is 23.6 Å². The van der Waals surface area contributed by atoms with Gasteiger partial charge in [-0.15, -0.1) is 0 Å². The topological polar surface area (TPSA) is 77.1 Å². The molecule has 0 saturated heterocycles. The molecule has 0 saturated carbocycles. The highest BCUT2D eigenvalue weighted by Gasteiger charge is 2.02. The lowest BCUT2D eigenvalue weighted by Gasteiger charge is -2.06. The van der Waals surface area contributed by atoms with E-state index in [2.05, 4.69) is 5.32 Å². The lowest BCUT2D eigenvalue weighted by Crippen LogP contribution is -2.30. The number of hydrogen-bond acceptors (Lipinski definition) is 3. The van der Waals surface area contributed by atoms with Crippen LogP contribution in [0.25, 0.3) is 12.2 Å². The number of benzene rings is 1. The number of aryl methyl sites for hydroxylation is 1. The van der Waals surface area contributed by atoms with Crippen molar-refractivity contribution in [3.8, 4) is 0 Å². The van der Waals surface area contributed by atoms with E-state index in [0.717, 1.165) is 11.1 Å². The van der Waals surface area contributed by atoms with E-state index < -0.39 is 0 Å². The Morgan fingerprint density at radius 2 is 1.87 bits per heavy atom. The number of rotatable bonds is 7. The number of carbonyl (C=O) groups excluding carboxylic acids is 1. The van der Waals surface area contributed by atoms with Crippen LogP contribution in [0.1, 0.15) is 17.5 Å². The van der Waals surface area contributed by atoms with Crippen molar-refractivity contribution in [3.63, 3.8) is 0 Å². The van der Waals surface area contributed by atoms with Gasteiger partial charge in [0.2, 0.25) is 5.91 Å². The van der Waals surface area contributed by atoms with Gasteiger partial charge < -0.3 is 15.6 Å². The monoisotopic (exact) mass is 311 g/mol. The summed E-state index contributed by atoms with van der Waals surface area (Å²) < 4.78 is 1.53. The first-order chi connectivity index (χ1) is 11.2. The summed E-state index contributed by atoms with van der Waals surface area (Å²) >= 11 is 0. The molecule has 1 aromatic carbocycles. The van der Waals surface area contributed by atoms with Crippen molar-refractivity contribution in [2.24, 2.45) is 5.73 Å². The number of carbonyl (C=O) groups is 1. The molecule has 2 aromatic rings. The number of pyridine rings is 1. The van der Waals surface area contributed by atoms with Crippen LogP contribution in [0.2, 0.25) is 0 Å². The van der Waals surface area contributed by atoms with Crippen LogP contribution >= 0.6 is 0 Å². The zero-order valence-electron chi connectivity index (χ0n) is 12.9. The lowest BCUT2D eigenvalue weighted by atomic mass is 10.1. The summed E-state index contributed by atoms with van der Waals surface area (Å²) in [4.78, 5) is 23.6. The molecule has 5 nitrogen and oxygen atoms in total. The highest BCUT2D eigenvalue weighted by atomic mass is 16.1. The predicted molar refractivity (Wildman–Crippen MR) is 92.8 cm³/mol. The van der Waals surface area contributed by atoms with E-state index in [9.17, 15) is 9.59 Å². The van der Waals surface area contributed by atoms with Crippen LogP contribution in [0.15, 0.2) is 53.5 Å². The van der Waals surface area contributed by atoms with Crippen LogP contribution in [0.4, 0.5) is 0 Å². The van der Waals surface area contributed by atoms with Gasteiger partial charge in [0, 0.05) is 38.3 Å². The lowest BCUT2D eigenvalue weighted by molar-refractivity contribution is -0.121. The molecule has 0 fully saturated rings. The average Bonchev–Trinajstić information content (AvgIpc) is 2.58. The van der Waals surface area contributed by atoms with Crippen LogP contribution in [-0.2, 0) is 11.3 Å². The van der Waals surface area contributed by atoms with E-state index >= 15 is 0 Å². The predicted octanol–water partition coefficient (Wildman–Crippen LogP) is 1.48. The number of nitrogens with zero attached hydrogens (tertiary/aromatic N) is 1. The van der Waals surface area contributed by atoms with Gasteiger partial charge in [0.15, 0.2) is 0 Å². The first kappa shape index (κ1) is 16.7. The second-order valence-electron chi connectivity index (χ2n) is 5.12. The Morgan fingerprint density at radius 3 is 2.57 bits per heavy atom. The SMILES string of the molecule is NCCNC(=O)CCn1ccc(/C=C/c2ccccc2)cc1=O. The second kappa shape index (κ2) is 8.70. The van der Waals surface area contributed by atoms with Crippen molar-refractivity contribution in [1.29, 1.82) is 0 Å². The third-order valence-electron chi connectivity index (χ3n) is 3.33. The van der Waals surface area contributed by atoms with Crippen LogP contribution in [0.3, 0.4) is 0 Å². The van der Waals surface area contributed by atoms with Gasteiger partial charge in [0.1, 0.15) is 0 Å². The number of amides is 1. The zero-order chi connectivity index (χ0) is 16.5. The maximum atomic E-state index is 12.1. The fourth-order valence-electron chi connectivity index (χ4n) is 2.09.